The average Bonchev–Trinajstić information content (AvgIpc) is 3.94. The van der Waals surface area contributed by atoms with E-state index in [2.05, 4.69) is 218 Å². The van der Waals surface area contributed by atoms with Crippen molar-refractivity contribution in [1.29, 1.82) is 0 Å². The zero-order chi connectivity index (χ0) is 41.9. The van der Waals surface area contributed by atoms with Gasteiger partial charge in [-0.2, -0.15) is 0 Å². The molecule has 2 heterocycles. The molecule has 0 aliphatic rings. The summed E-state index contributed by atoms with van der Waals surface area (Å²) in [6.45, 7) is 0. The first-order valence-electron chi connectivity index (χ1n) is 22.0. The van der Waals surface area contributed by atoms with Crippen molar-refractivity contribution in [1.82, 2.24) is 0 Å². The Bertz CT molecular complexity index is 3840. The number of hydrogen-bond acceptors (Lipinski definition) is 2. The van der Waals surface area contributed by atoms with Gasteiger partial charge in [-0.05, 0) is 111 Å². The summed E-state index contributed by atoms with van der Waals surface area (Å²) in [6, 6.07) is 81.2. The highest BCUT2D eigenvalue weighted by Crippen LogP contribution is 2.52. The first kappa shape index (κ1) is 35.9. The van der Waals surface area contributed by atoms with Crippen LogP contribution in [0.5, 0.6) is 0 Å². The van der Waals surface area contributed by atoms with E-state index in [0.29, 0.717) is 0 Å². The van der Waals surface area contributed by atoms with Gasteiger partial charge in [-0.1, -0.05) is 206 Å². The first-order valence-corrected chi connectivity index (χ1v) is 23.6. The van der Waals surface area contributed by atoms with Gasteiger partial charge in [-0.15, -0.1) is 22.7 Å². The summed E-state index contributed by atoms with van der Waals surface area (Å²) >= 11 is 3.91. The Balaban J connectivity index is 1.01. The standard InChI is InChI=1S/C62H36S2/c1-3-17-37(18-4-1)55-41-21-7-11-25-45(41)57(46-26-12-8-22-42(46)55)39-31-33-51-53(35-39)63-61-59(51)49-29-15-16-30-50(49)60-52-34-32-40(36-54(52)64-62(60)61)58-47-27-13-9-23-43(47)56(38-19-5-2-6-20-38)44-24-10-14-28-48(44)58/h1-36H. The Morgan fingerprint density at radius 1 is 0.203 bits per heavy atom. The molecule has 14 aromatic rings. The summed E-state index contributed by atoms with van der Waals surface area (Å²) in [5.74, 6) is 0. The maximum Gasteiger partial charge on any atom is 0.0540 e. The molecular formula is C62H36S2. The van der Waals surface area contributed by atoms with Crippen LogP contribution in [0.3, 0.4) is 0 Å². The van der Waals surface area contributed by atoms with Gasteiger partial charge in [-0.25, -0.2) is 0 Å². The van der Waals surface area contributed by atoms with Crippen LogP contribution in [0.1, 0.15) is 0 Å². The van der Waals surface area contributed by atoms with Crippen LogP contribution in [0.4, 0.5) is 0 Å². The van der Waals surface area contributed by atoms with Crippen molar-refractivity contribution in [2.45, 2.75) is 0 Å². The lowest BCUT2D eigenvalue weighted by Crippen LogP contribution is -1.90. The fourth-order valence-electron chi connectivity index (χ4n) is 11.0. The van der Waals surface area contributed by atoms with Gasteiger partial charge >= 0.3 is 0 Å². The van der Waals surface area contributed by atoms with E-state index < -0.39 is 0 Å². The number of fused-ring (bicyclic) bond motifs is 14. The molecule has 0 fully saturated rings. The van der Waals surface area contributed by atoms with Gasteiger partial charge in [0.2, 0.25) is 0 Å². The van der Waals surface area contributed by atoms with Gasteiger partial charge < -0.3 is 0 Å². The molecule has 296 valence electrons. The molecular weight excluding hydrogens is 809 g/mol. The fraction of sp³-hybridized carbons (Fsp3) is 0. The van der Waals surface area contributed by atoms with Gasteiger partial charge in [0.1, 0.15) is 0 Å². The van der Waals surface area contributed by atoms with Crippen molar-refractivity contribution in [2.75, 3.05) is 0 Å². The smallest absolute Gasteiger partial charge is 0.0540 e. The lowest BCUT2D eigenvalue weighted by molar-refractivity contribution is 1.66. The molecule has 0 atom stereocenters. The van der Waals surface area contributed by atoms with Crippen LogP contribution in [0.2, 0.25) is 0 Å². The van der Waals surface area contributed by atoms with Gasteiger partial charge in [-0.3, -0.25) is 0 Å². The van der Waals surface area contributed by atoms with Crippen LogP contribution >= 0.6 is 22.7 Å². The van der Waals surface area contributed by atoms with Gasteiger partial charge in [0, 0.05) is 30.9 Å². The minimum Gasteiger partial charge on any atom is -0.134 e. The maximum atomic E-state index is 2.47. The Morgan fingerprint density at radius 2 is 0.469 bits per heavy atom. The van der Waals surface area contributed by atoms with Crippen LogP contribution in [0, 0.1) is 0 Å². The maximum absolute atomic E-state index is 2.47. The normalized spacial score (nSPS) is 12.1. The lowest BCUT2D eigenvalue weighted by atomic mass is 9.86. The third kappa shape index (κ3) is 5.15. The summed E-state index contributed by atoms with van der Waals surface area (Å²) in [5.41, 5.74) is 10.2. The molecule has 0 amide bonds. The van der Waals surface area contributed by atoms with E-state index in [4.69, 9.17) is 0 Å². The van der Waals surface area contributed by atoms with E-state index in [1.165, 1.54) is 139 Å². The molecule has 0 aliphatic carbocycles. The van der Waals surface area contributed by atoms with Crippen LogP contribution in [0.25, 0.3) is 139 Å². The van der Waals surface area contributed by atoms with E-state index >= 15 is 0 Å². The highest BCUT2D eigenvalue weighted by molar-refractivity contribution is 7.33. The molecule has 12 aromatic carbocycles. The molecule has 14 rings (SSSR count). The molecule has 0 radical (unpaired) electrons. The summed E-state index contributed by atoms with van der Waals surface area (Å²) in [6.07, 6.45) is 0. The third-order valence-electron chi connectivity index (χ3n) is 13.6. The lowest BCUT2D eigenvalue weighted by Gasteiger charge is -2.17. The molecule has 2 heteroatoms. The molecule has 0 aliphatic heterocycles. The molecule has 0 N–H and O–H groups in total. The number of rotatable bonds is 4. The molecule has 0 saturated heterocycles. The fourth-order valence-corrected chi connectivity index (χ4v) is 13.6. The number of benzene rings is 12. The number of thiophene rings is 2. The number of hydrogen-bond donors (Lipinski definition) is 0. The van der Waals surface area contributed by atoms with Crippen LogP contribution in [-0.4, -0.2) is 0 Å². The highest BCUT2D eigenvalue weighted by atomic mass is 32.1. The van der Waals surface area contributed by atoms with Crippen molar-refractivity contribution >= 4 is 117 Å². The average molecular weight is 845 g/mol. The molecule has 0 unspecified atom stereocenters. The molecule has 0 bridgehead atoms. The zero-order valence-electron chi connectivity index (χ0n) is 34.6. The second kappa shape index (κ2) is 13.9. The summed E-state index contributed by atoms with van der Waals surface area (Å²) < 4.78 is 5.39. The topological polar surface area (TPSA) is 0 Å². The second-order valence-corrected chi connectivity index (χ2v) is 19.1. The van der Waals surface area contributed by atoms with Gasteiger partial charge in [0.25, 0.3) is 0 Å². The second-order valence-electron chi connectivity index (χ2n) is 17.0. The molecule has 64 heavy (non-hydrogen) atoms. The predicted molar refractivity (Wildman–Crippen MR) is 281 cm³/mol. The minimum absolute atomic E-state index is 1.25. The summed E-state index contributed by atoms with van der Waals surface area (Å²) in [7, 11) is 0. The molecule has 0 nitrogen and oxygen atoms in total. The summed E-state index contributed by atoms with van der Waals surface area (Å²) in [4.78, 5) is 0. The molecule has 0 spiro atoms. The van der Waals surface area contributed by atoms with Crippen molar-refractivity contribution in [3.63, 3.8) is 0 Å². The Hall–Kier alpha value is -7.62. The predicted octanol–water partition coefficient (Wildman–Crippen LogP) is 18.9. The van der Waals surface area contributed by atoms with Crippen LogP contribution < -0.4 is 0 Å². The van der Waals surface area contributed by atoms with E-state index in [1.54, 1.807) is 0 Å². The minimum atomic E-state index is 1.25. The van der Waals surface area contributed by atoms with Crippen molar-refractivity contribution < 1.29 is 0 Å². The zero-order valence-corrected chi connectivity index (χ0v) is 36.2. The first-order chi connectivity index (χ1) is 31.8. The largest absolute Gasteiger partial charge is 0.134 e. The van der Waals surface area contributed by atoms with Crippen LogP contribution in [0.15, 0.2) is 218 Å². The van der Waals surface area contributed by atoms with Crippen LogP contribution in [-0.2, 0) is 0 Å². The van der Waals surface area contributed by atoms with Crippen molar-refractivity contribution in [3.8, 4) is 44.5 Å². The van der Waals surface area contributed by atoms with E-state index in [1.807, 2.05) is 22.7 Å². The van der Waals surface area contributed by atoms with E-state index in [-0.39, 0.29) is 0 Å². The molecule has 0 saturated carbocycles. The van der Waals surface area contributed by atoms with Gasteiger partial charge in [0.05, 0.1) is 9.40 Å². The van der Waals surface area contributed by atoms with E-state index in [0.717, 1.165) is 0 Å². The monoisotopic (exact) mass is 844 g/mol. The Kier molecular flexibility index (Phi) is 7.83. The third-order valence-corrected chi connectivity index (χ3v) is 16.1. The summed E-state index contributed by atoms with van der Waals surface area (Å²) in [5, 5.41) is 18.3. The molecule has 2 aromatic heterocycles. The Morgan fingerprint density at radius 3 is 0.781 bits per heavy atom. The van der Waals surface area contributed by atoms with E-state index in [9.17, 15) is 0 Å². The van der Waals surface area contributed by atoms with Crippen molar-refractivity contribution in [3.05, 3.63) is 218 Å². The highest BCUT2D eigenvalue weighted by Gasteiger charge is 2.22. The van der Waals surface area contributed by atoms with Gasteiger partial charge in [0.15, 0.2) is 0 Å². The quantitative estimate of drug-likeness (QED) is 0.155. The Labute approximate surface area is 377 Å². The van der Waals surface area contributed by atoms with Crippen molar-refractivity contribution in [2.24, 2.45) is 0 Å². The SMILES string of the molecule is c1ccc(-c2c3ccccc3c(-c3ccc4c(c3)sc3c5sc6cc(-c7c8ccccc8c(-c8ccccc8)c8ccccc78)ccc6c5c5ccccc5c43)c3ccccc23)cc1.